The molecule has 4 aromatic carbocycles. The van der Waals surface area contributed by atoms with Gasteiger partial charge in [-0.15, -0.1) is 0 Å². The number of nitrogens with zero attached hydrogens (tertiary/aromatic N) is 2. The lowest BCUT2D eigenvalue weighted by atomic mass is 9.49. The summed E-state index contributed by atoms with van der Waals surface area (Å²) in [5.74, 6) is -4.82. The van der Waals surface area contributed by atoms with E-state index >= 15 is 4.79 Å². The minimum absolute atomic E-state index is 0.137. The summed E-state index contributed by atoms with van der Waals surface area (Å²) in [4.78, 5) is 60.0. The zero-order valence-corrected chi connectivity index (χ0v) is 29.1. The number of benzene rings is 4. The molecule has 3 fully saturated rings. The van der Waals surface area contributed by atoms with Gasteiger partial charge in [-0.2, -0.15) is 5.01 Å². The highest BCUT2D eigenvalue weighted by Gasteiger charge is 2.70. The number of methoxy groups -OCH3 is 2. The van der Waals surface area contributed by atoms with Crippen LogP contribution in [0.25, 0.3) is 0 Å². The van der Waals surface area contributed by atoms with Crippen molar-refractivity contribution in [3.63, 3.8) is 0 Å². The molecule has 2 aliphatic carbocycles. The Balaban J connectivity index is 1.32. The molecule has 8 rings (SSSR count). The predicted molar refractivity (Wildman–Crippen MR) is 192 cm³/mol. The molecule has 2 saturated heterocycles. The number of allylic oxidation sites excluding steroid dienone is 2. The molecule has 0 spiro atoms. The number of fused-ring (bicyclic) bond motifs is 4. The summed E-state index contributed by atoms with van der Waals surface area (Å²) < 4.78 is 11.2. The number of nitrogens with one attached hydrogen (secondary N) is 1. The summed E-state index contributed by atoms with van der Waals surface area (Å²) in [5, 5.41) is 12.1. The molecule has 4 aliphatic rings. The maximum atomic E-state index is 15.4. The standard InChI is InChI=1S/C42H39N3O7/c1-24-14-16-28(17-15-24)43-45-39(48)32-22-31-29(18-19-30-35(31)40(49)44(38(30)47)23-25-10-6-4-7-11-25)36(26-20-33(51-2)37(46)34(21-26)52-3)42(32,41(45)50)27-12-8-5-9-13-27/h4-18,20-21,30-32,35-36,43,46H,19,22-23H2,1-3H3/t30-,31+,32-,35-,36-,42+/m0/s1. The van der Waals surface area contributed by atoms with Crippen molar-refractivity contribution in [1.29, 1.82) is 0 Å². The molecule has 10 nitrogen and oxygen atoms in total. The number of rotatable bonds is 8. The van der Waals surface area contributed by atoms with E-state index in [9.17, 15) is 19.5 Å². The fourth-order valence-corrected chi connectivity index (χ4v) is 9.19. The topological polar surface area (TPSA) is 125 Å². The van der Waals surface area contributed by atoms with Crippen LogP contribution in [0.4, 0.5) is 5.69 Å². The normalized spacial score (nSPS) is 26.4. The number of phenolic OH excluding ortho intramolecular Hbond substituents is 1. The first-order valence-corrected chi connectivity index (χ1v) is 17.5. The van der Waals surface area contributed by atoms with E-state index in [1.165, 1.54) is 19.1 Å². The van der Waals surface area contributed by atoms with Crippen molar-refractivity contribution in [2.45, 2.75) is 37.6 Å². The van der Waals surface area contributed by atoms with Crippen LogP contribution >= 0.6 is 0 Å². The number of imide groups is 2. The van der Waals surface area contributed by atoms with E-state index in [0.29, 0.717) is 23.2 Å². The Morgan fingerprint density at radius 1 is 0.808 bits per heavy atom. The van der Waals surface area contributed by atoms with Crippen molar-refractivity contribution in [3.8, 4) is 17.2 Å². The van der Waals surface area contributed by atoms with Gasteiger partial charge in [0.05, 0.1) is 49.6 Å². The molecule has 1 saturated carbocycles. The Labute approximate surface area is 301 Å². The SMILES string of the molecule is COc1cc([C@H]2C3=CC[C@@H]4C(=O)N(Cc5ccccc5)C(=O)[C@@H]4[C@@H]3C[C@H]3C(=O)N(Nc4ccc(C)cc4)C(=O)[C@@]23c2ccccc2)cc(OC)c1O. The van der Waals surface area contributed by atoms with E-state index < -0.39 is 46.8 Å². The van der Waals surface area contributed by atoms with Gasteiger partial charge in [-0.05, 0) is 66.6 Å². The Morgan fingerprint density at radius 3 is 2.08 bits per heavy atom. The molecule has 0 unspecified atom stereocenters. The molecule has 2 aliphatic heterocycles. The third-order valence-corrected chi connectivity index (χ3v) is 11.5. The van der Waals surface area contributed by atoms with Gasteiger partial charge in [-0.3, -0.25) is 29.5 Å². The van der Waals surface area contributed by atoms with Gasteiger partial charge < -0.3 is 14.6 Å². The van der Waals surface area contributed by atoms with E-state index in [2.05, 4.69) is 5.43 Å². The fourth-order valence-electron chi connectivity index (χ4n) is 9.19. The summed E-state index contributed by atoms with van der Waals surface area (Å²) in [6.07, 6.45) is 2.49. The number of hydrogen-bond acceptors (Lipinski definition) is 8. The highest BCUT2D eigenvalue weighted by molar-refractivity contribution is 6.13. The maximum absolute atomic E-state index is 15.4. The molecule has 0 radical (unpaired) electrons. The summed E-state index contributed by atoms with van der Waals surface area (Å²) >= 11 is 0. The average Bonchev–Trinajstić information content (AvgIpc) is 3.53. The monoisotopic (exact) mass is 697 g/mol. The van der Waals surface area contributed by atoms with Crippen LogP contribution in [0.2, 0.25) is 0 Å². The largest absolute Gasteiger partial charge is 0.502 e. The van der Waals surface area contributed by atoms with Crippen LogP contribution in [0, 0.1) is 30.6 Å². The number of ether oxygens (including phenoxy) is 2. The van der Waals surface area contributed by atoms with Crippen molar-refractivity contribution in [2.24, 2.45) is 23.7 Å². The van der Waals surface area contributed by atoms with Crippen LogP contribution in [0.15, 0.2) is 109 Å². The summed E-state index contributed by atoms with van der Waals surface area (Å²) in [6.45, 7) is 2.12. The first-order chi connectivity index (χ1) is 25.2. The number of carbonyl (C=O) groups excluding carboxylic acids is 4. The van der Waals surface area contributed by atoms with Gasteiger partial charge in [-0.1, -0.05) is 90.0 Å². The van der Waals surface area contributed by atoms with E-state index in [1.54, 1.807) is 12.1 Å². The number of anilines is 1. The molecule has 6 atom stereocenters. The number of hydrazine groups is 1. The van der Waals surface area contributed by atoms with Crippen molar-refractivity contribution in [2.75, 3.05) is 19.6 Å². The quantitative estimate of drug-likeness (QED) is 0.172. The van der Waals surface area contributed by atoms with Crippen LogP contribution < -0.4 is 14.9 Å². The highest BCUT2D eigenvalue weighted by atomic mass is 16.5. The lowest BCUT2D eigenvalue weighted by Gasteiger charge is -2.50. The molecule has 4 aromatic rings. The predicted octanol–water partition coefficient (Wildman–Crippen LogP) is 5.90. The molecule has 0 aromatic heterocycles. The minimum Gasteiger partial charge on any atom is -0.502 e. The van der Waals surface area contributed by atoms with Crippen LogP contribution in [-0.2, 0) is 31.1 Å². The highest BCUT2D eigenvalue weighted by Crippen LogP contribution is 2.64. The second-order valence-corrected chi connectivity index (χ2v) is 14.1. The summed E-state index contributed by atoms with van der Waals surface area (Å²) in [6, 6.07) is 29.5. The zero-order chi connectivity index (χ0) is 36.3. The van der Waals surface area contributed by atoms with E-state index in [-0.39, 0.29) is 42.0 Å². The van der Waals surface area contributed by atoms with Crippen LogP contribution in [0.5, 0.6) is 17.2 Å². The number of aryl methyl sites for hydroxylation is 1. The third-order valence-electron chi connectivity index (χ3n) is 11.5. The molecule has 4 amide bonds. The number of aromatic hydroxyl groups is 1. The van der Waals surface area contributed by atoms with Crippen LogP contribution in [0.3, 0.4) is 0 Å². The van der Waals surface area contributed by atoms with Gasteiger partial charge in [0.1, 0.15) is 0 Å². The maximum Gasteiger partial charge on any atom is 0.260 e. The molecule has 0 bridgehead atoms. The van der Waals surface area contributed by atoms with Crippen molar-refractivity contribution in [1.82, 2.24) is 9.91 Å². The van der Waals surface area contributed by atoms with Crippen molar-refractivity contribution < 1.29 is 33.8 Å². The minimum atomic E-state index is -1.46. The first kappa shape index (κ1) is 33.3. The summed E-state index contributed by atoms with van der Waals surface area (Å²) in [5.41, 5.74) is 6.12. The van der Waals surface area contributed by atoms with Crippen molar-refractivity contribution >= 4 is 29.3 Å². The van der Waals surface area contributed by atoms with Gasteiger partial charge in [0.25, 0.3) is 11.8 Å². The molecule has 2 heterocycles. The second kappa shape index (κ2) is 12.7. The molecule has 264 valence electrons. The van der Waals surface area contributed by atoms with Crippen LogP contribution in [0.1, 0.15) is 41.0 Å². The van der Waals surface area contributed by atoms with Crippen LogP contribution in [-0.4, -0.2) is 52.9 Å². The Kier molecular flexibility index (Phi) is 8.12. The van der Waals surface area contributed by atoms with Gasteiger partial charge in [0, 0.05) is 5.92 Å². The van der Waals surface area contributed by atoms with Gasteiger partial charge in [0.15, 0.2) is 11.5 Å². The molecule has 52 heavy (non-hydrogen) atoms. The van der Waals surface area contributed by atoms with Gasteiger partial charge in [0.2, 0.25) is 17.6 Å². The van der Waals surface area contributed by atoms with Crippen molar-refractivity contribution in [3.05, 3.63) is 131 Å². The number of carbonyl (C=O) groups is 4. The molecular weight excluding hydrogens is 658 g/mol. The van der Waals surface area contributed by atoms with Gasteiger partial charge >= 0.3 is 0 Å². The lowest BCUT2D eigenvalue weighted by molar-refractivity contribution is -0.142. The number of likely N-dealkylation sites (tertiary alicyclic amines) is 1. The number of hydrogen-bond donors (Lipinski definition) is 2. The molecule has 2 N–H and O–H groups in total. The fraction of sp³-hybridized carbons (Fsp3) is 0.286. The number of phenols is 1. The van der Waals surface area contributed by atoms with E-state index in [0.717, 1.165) is 21.7 Å². The van der Waals surface area contributed by atoms with Gasteiger partial charge in [-0.25, -0.2) is 0 Å². The third kappa shape index (κ3) is 4.92. The Hall–Kier alpha value is -5.90. The lowest BCUT2D eigenvalue weighted by Crippen LogP contribution is -2.53. The second-order valence-electron chi connectivity index (χ2n) is 14.1. The Morgan fingerprint density at radius 2 is 1.44 bits per heavy atom. The zero-order valence-electron chi connectivity index (χ0n) is 29.1. The molecular formula is C42H39N3O7. The summed E-state index contributed by atoms with van der Waals surface area (Å²) in [7, 11) is 2.87. The Bertz CT molecular complexity index is 2090. The van der Waals surface area contributed by atoms with E-state index in [4.69, 9.17) is 9.47 Å². The average molecular weight is 698 g/mol. The van der Waals surface area contributed by atoms with E-state index in [1.807, 2.05) is 97.9 Å². The smallest absolute Gasteiger partial charge is 0.260 e. The first-order valence-electron chi connectivity index (χ1n) is 17.5. The number of amides is 4. The molecule has 10 heteroatoms.